The molecule has 0 saturated heterocycles. The first-order chi connectivity index (χ1) is 9.42. The molecule has 1 aromatic rings. The molecule has 1 aromatic carbocycles. The van der Waals surface area contributed by atoms with E-state index in [0.717, 1.165) is 12.5 Å². The van der Waals surface area contributed by atoms with Gasteiger partial charge in [-0.25, -0.2) is 0 Å². The van der Waals surface area contributed by atoms with Crippen LogP contribution in [0.1, 0.15) is 50.9 Å². The standard InChI is InChI=1S/C15H22O5S/c1-10(9-15(2,3)4)8-12(16)11-6-5-7-13(14(11)17)21(18,19)20/h5-7,10,17H,8-9H2,1-4H3,(H,18,19,20). The van der Waals surface area contributed by atoms with Crippen molar-refractivity contribution in [1.82, 2.24) is 0 Å². The molecule has 0 bridgehead atoms. The van der Waals surface area contributed by atoms with Crippen LogP contribution in [0.2, 0.25) is 0 Å². The predicted molar refractivity (Wildman–Crippen MR) is 80.1 cm³/mol. The van der Waals surface area contributed by atoms with Crippen molar-refractivity contribution in [2.45, 2.75) is 45.4 Å². The zero-order chi connectivity index (χ0) is 16.4. The number of rotatable bonds is 5. The van der Waals surface area contributed by atoms with E-state index in [2.05, 4.69) is 20.8 Å². The van der Waals surface area contributed by atoms with Crippen molar-refractivity contribution in [2.75, 3.05) is 0 Å². The van der Waals surface area contributed by atoms with E-state index in [-0.39, 0.29) is 29.1 Å². The third-order valence-corrected chi connectivity index (χ3v) is 3.96. The number of benzene rings is 1. The molecule has 21 heavy (non-hydrogen) atoms. The summed E-state index contributed by atoms with van der Waals surface area (Å²) in [4.78, 5) is 11.6. The van der Waals surface area contributed by atoms with Crippen molar-refractivity contribution in [3.63, 3.8) is 0 Å². The molecule has 6 heteroatoms. The Labute approximate surface area is 125 Å². The molecule has 118 valence electrons. The zero-order valence-electron chi connectivity index (χ0n) is 12.8. The maximum Gasteiger partial charge on any atom is 0.298 e. The van der Waals surface area contributed by atoms with Gasteiger partial charge in [0, 0.05) is 6.42 Å². The van der Waals surface area contributed by atoms with Gasteiger partial charge in [0.25, 0.3) is 10.1 Å². The summed E-state index contributed by atoms with van der Waals surface area (Å²) in [5.74, 6) is -0.922. The Morgan fingerprint density at radius 3 is 2.33 bits per heavy atom. The summed E-state index contributed by atoms with van der Waals surface area (Å²) in [6.07, 6.45) is 1.04. The molecule has 0 saturated carbocycles. The molecule has 0 aliphatic carbocycles. The number of carbonyl (C=O) groups is 1. The molecule has 1 rings (SSSR count). The number of para-hydroxylation sites is 1. The lowest BCUT2D eigenvalue weighted by Gasteiger charge is -2.22. The van der Waals surface area contributed by atoms with E-state index in [0.29, 0.717) is 0 Å². The van der Waals surface area contributed by atoms with Gasteiger partial charge in [0.1, 0.15) is 10.6 Å². The summed E-state index contributed by atoms with van der Waals surface area (Å²) in [5.41, 5.74) is 0.00349. The lowest BCUT2D eigenvalue weighted by atomic mass is 9.83. The molecule has 0 radical (unpaired) electrons. The third-order valence-electron chi connectivity index (χ3n) is 3.07. The highest BCUT2D eigenvalue weighted by Crippen LogP contribution is 2.31. The average molecular weight is 314 g/mol. The van der Waals surface area contributed by atoms with Gasteiger partial charge in [0.2, 0.25) is 0 Å². The number of phenols is 1. The lowest BCUT2D eigenvalue weighted by Crippen LogP contribution is -2.15. The monoisotopic (exact) mass is 314 g/mol. The lowest BCUT2D eigenvalue weighted by molar-refractivity contribution is 0.0951. The summed E-state index contributed by atoms with van der Waals surface area (Å²) in [6.45, 7) is 8.16. The molecule has 0 fully saturated rings. The van der Waals surface area contributed by atoms with E-state index in [1.165, 1.54) is 12.1 Å². The Morgan fingerprint density at radius 2 is 1.86 bits per heavy atom. The minimum atomic E-state index is -4.55. The highest BCUT2D eigenvalue weighted by Gasteiger charge is 2.23. The van der Waals surface area contributed by atoms with E-state index in [9.17, 15) is 18.3 Å². The van der Waals surface area contributed by atoms with Crippen molar-refractivity contribution in [3.8, 4) is 5.75 Å². The van der Waals surface area contributed by atoms with Crippen LogP contribution in [0.4, 0.5) is 0 Å². The molecule has 0 heterocycles. The van der Waals surface area contributed by atoms with Crippen LogP contribution in [0.5, 0.6) is 5.75 Å². The van der Waals surface area contributed by atoms with Crippen LogP contribution in [0.25, 0.3) is 0 Å². The zero-order valence-corrected chi connectivity index (χ0v) is 13.6. The Morgan fingerprint density at radius 1 is 1.29 bits per heavy atom. The Kier molecular flexibility index (Phi) is 5.17. The van der Waals surface area contributed by atoms with Crippen molar-refractivity contribution in [3.05, 3.63) is 23.8 Å². The maximum atomic E-state index is 12.2. The first-order valence-corrected chi connectivity index (χ1v) is 8.18. The van der Waals surface area contributed by atoms with Gasteiger partial charge in [-0.2, -0.15) is 8.42 Å². The van der Waals surface area contributed by atoms with Gasteiger partial charge < -0.3 is 5.11 Å². The molecule has 2 N–H and O–H groups in total. The smallest absolute Gasteiger partial charge is 0.298 e. The van der Waals surface area contributed by atoms with Crippen LogP contribution in [0.15, 0.2) is 23.1 Å². The first kappa shape index (κ1) is 17.7. The normalized spacial score (nSPS) is 14.0. The number of carbonyl (C=O) groups excluding carboxylic acids is 1. The number of phenolic OH excluding ortho intramolecular Hbond substituents is 1. The van der Waals surface area contributed by atoms with Crippen LogP contribution in [-0.2, 0) is 10.1 Å². The fourth-order valence-corrected chi connectivity index (χ4v) is 3.10. The third kappa shape index (κ3) is 5.13. The Hall–Kier alpha value is -1.40. The van der Waals surface area contributed by atoms with Crippen LogP contribution >= 0.6 is 0 Å². The van der Waals surface area contributed by atoms with E-state index in [1.54, 1.807) is 0 Å². The number of ketones is 1. The number of hydrogen-bond donors (Lipinski definition) is 2. The number of hydrogen-bond acceptors (Lipinski definition) is 4. The fraction of sp³-hybridized carbons (Fsp3) is 0.533. The SMILES string of the molecule is CC(CC(=O)c1cccc(S(=O)(=O)O)c1O)CC(C)(C)C. The van der Waals surface area contributed by atoms with E-state index in [4.69, 9.17) is 4.55 Å². The van der Waals surface area contributed by atoms with Gasteiger partial charge in [-0.15, -0.1) is 0 Å². The van der Waals surface area contributed by atoms with E-state index in [1.807, 2.05) is 6.92 Å². The predicted octanol–water partition coefficient (Wildman–Crippen LogP) is 3.28. The molecule has 0 amide bonds. The van der Waals surface area contributed by atoms with Crippen molar-refractivity contribution in [2.24, 2.45) is 11.3 Å². The molecule has 1 unspecified atom stereocenters. The summed E-state index contributed by atoms with van der Waals surface area (Å²) < 4.78 is 31.3. The first-order valence-electron chi connectivity index (χ1n) is 6.74. The molecule has 1 atom stereocenters. The number of aromatic hydroxyl groups is 1. The Bertz CT molecular complexity index is 626. The van der Waals surface area contributed by atoms with Crippen molar-refractivity contribution < 1.29 is 22.9 Å². The highest BCUT2D eigenvalue weighted by molar-refractivity contribution is 7.86. The van der Waals surface area contributed by atoms with Crippen LogP contribution < -0.4 is 0 Å². The van der Waals surface area contributed by atoms with Gasteiger partial charge in [-0.05, 0) is 29.9 Å². The molecule has 0 aliphatic heterocycles. The maximum absolute atomic E-state index is 12.2. The molecular formula is C15H22O5S. The largest absolute Gasteiger partial charge is 0.506 e. The highest BCUT2D eigenvalue weighted by atomic mass is 32.2. The molecule has 5 nitrogen and oxygen atoms in total. The second kappa shape index (κ2) is 6.15. The van der Waals surface area contributed by atoms with E-state index < -0.39 is 20.8 Å². The summed E-state index contributed by atoms with van der Waals surface area (Å²) in [5, 5.41) is 9.88. The summed E-state index contributed by atoms with van der Waals surface area (Å²) in [6, 6.07) is 3.74. The topological polar surface area (TPSA) is 91.7 Å². The van der Waals surface area contributed by atoms with Crippen molar-refractivity contribution >= 4 is 15.9 Å². The van der Waals surface area contributed by atoms with Gasteiger partial charge in [-0.3, -0.25) is 9.35 Å². The Balaban J connectivity index is 3.00. The minimum Gasteiger partial charge on any atom is -0.506 e. The van der Waals surface area contributed by atoms with Crippen LogP contribution in [0.3, 0.4) is 0 Å². The molecule has 0 aromatic heterocycles. The number of Topliss-reactive ketones (excluding diaryl/α,β-unsaturated/α-hetero) is 1. The van der Waals surface area contributed by atoms with Crippen LogP contribution in [-0.4, -0.2) is 23.9 Å². The van der Waals surface area contributed by atoms with Gasteiger partial charge in [0.05, 0.1) is 5.56 Å². The fourth-order valence-electron chi connectivity index (χ4n) is 2.50. The van der Waals surface area contributed by atoms with Crippen LogP contribution in [0, 0.1) is 11.3 Å². The van der Waals surface area contributed by atoms with Gasteiger partial charge >= 0.3 is 0 Å². The van der Waals surface area contributed by atoms with Gasteiger partial charge in [0.15, 0.2) is 5.78 Å². The minimum absolute atomic E-state index is 0.0779. The molecular weight excluding hydrogens is 292 g/mol. The average Bonchev–Trinajstić information content (AvgIpc) is 2.24. The second-order valence-corrected chi connectivity index (χ2v) is 8.01. The molecule has 0 aliphatic rings. The summed E-state index contributed by atoms with van der Waals surface area (Å²) in [7, 11) is -4.55. The summed E-state index contributed by atoms with van der Waals surface area (Å²) >= 11 is 0. The van der Waals surface area contributed by atoms with Gasteiger partial charge in [-0.1, -0.05) is 33.8 Å². The van der Waals surface area contributed by atoms with Crippen molar-refractivity contribution in [1.29, 1.82) is 0 Å². The molecule has 0 spiro atoms. The van der Waals surface area contributed by atoms with E-state index >= 15 is 0 Å². The second-order valence-electron chi connectivity index (χ2n) is 6.62. The quantitative estimate of drug-likeness (QED) is 0.643.